The SMILES string of the molecule is C[Si](C)(C)C#Cc1cnc(N2CCCCC2)nc1Nc1cc[nH]n1. The third-order valence-electron chi connectivity index (χ3n) is 3.73. The molecule has 0 saturated carbocycles. The number of anilines is 3. The van der Waals surface area contributed by atoms with Gasteiger partial charge in [-0.05, 0) is 19.3 Å². The Kier molecular flexibility index (Phi) is 4.86. The van der Waals surface area contributed by atoms with Gasteiger partial charge in [0.2, 0.25) is 5.95 Å². The van der Waals surface area contributed by atoms with Gasteiger partial charge in [0, 0.05) is 25.4 Å². The fourth-order valence-electron chi connectivity index (χ4n) is 2.51. The fraction of sp³-hybridized carbons (Fsp3) is 0.471. The highest BCUT2D eigenvalue weighted by molar-refractivity contribution is 6.83. The normalized spacial score (nSPS) is 14.9. The first-order valence-corrected chi connectivity index (χ1v) is 11.9. The van der Waals surface area contributed by atoms with E-state index in [1.165, 1.54) is 19.3 Å². The van der Waals surface area contributed by atoms with Crippen molar-refractivity contribution in [1.82, 2.24) is 20.2 Å². The highest BCUT2D eigenvalue weighted by atomic mass is 28.3. The molecule has 1 aliphatic heterocycles. The molecule has 1 fully saturated rings. The van der Waals surface area contributed by atoms with Crippen LogP contribution in [-0.2, 0) is 0 Å². The summed E-state index contributed by atoms with van der Waals surface area (Å²) < 4.78 is 0. The van der Waals surface area contributed by atoms with Crippen molar-refractivity contribution in [2.75, 3.05) is 23.3 Å². The predicted molar refractivity (Wildman–Crippen MR) is 100 cm³/mol. The molecule has 0 aromatic carbocycles. The summed E-state index contributed by atoms with van der Waals surface area (Å²) in [5.41, 5.74) is 4.20. The first kappa shape index (κ1) is 16.5. The largest absolute Gasteiger partial charge is 0.341 e. The quantitative estimate of drug-likeness (QED) is 0.663. The van der Waals surface area contributed by atoms with Gasteiger partial charge in [0.25, 0.3) is 0 Å². The third kappa shape index (κ3) is 4.36. The van der Waals surface area contributed by atoms with Gasteiger partial charge in [-0.15, -0.1) is 5.54 Å². The van der Waals surface area contributed by atoms with Gasteiger partial charge >= 0.3 is 0 Å². The lowest BCUT2D eigenvalue weighted by molar-refractivity contribution is 0.568. The lowest BCUT2D eigenvalue weighted by atomic mass is 10.1. The van der Waals surface area contributed by atoms with E-state index in [1.807, 2.05) is 12.3 Å². The minimum Gasteiger partial charge on any atom is -0.341 e. The average Bonchev–Trinajstić information content (AvgIpc) is 3.07. The molecule has 0 spiro atoms. The Morgan fingerprint density at radius 1 is 1.21 bits per heavy atom. The summed E-state index contributed by atoms with van der Waals surface area (Å²) in [7, 11) is -1.46. The molecule has 2 N–H and O–H groups in total. The van der Waals surface area contributed by atoms with E-state index >= 15 is 0 Å². The number of piperidine rings is 1. The number of nitrogens with zero attached hydrogens (tertiary/aromatic N) is 4. The zero-order valence-electron chi connectivity index (χ0n) is 14.6. The van der Waals surface area contributed by atoms with Gasteiger partial charge in [-0.3, -0.25) is 5.10 Å². The van der Waals surface area contributed by atoms with Crippen molar-refractivity contribution >= 4 is 25.7 Å². The van der Waals surface area contributed by atoms with Crippen molar-refractivity contribution in [3.05, 3.63) is 24.0 Å². The summed E-state index contributed by atoms with van der Waals surface area (Å²) in [4.78, 5) is 11.5. The maximum Gasteiger partial charge on any atom is 0.227 e. The van der Waals surface area contributed by atoms with Gasteiger partial charge in [-0.1, -0.05) is 25.6 Å². The van der Waals surface area contributed by atoms with Gasteiger partial charge in [0.15, 0.2) is 11.6 Å². The van der Waals surface area contributed by atoms with Crippen molar-refractivity contribution < 1.29 is 0 Å². The summed E-state index contributed by atoms with van der Waals surface area (Å²) >= 11 is 0. The van der Waals surface area contributed by atoms with Crippen LogP contribution in [0.3, 0.4) is 0 Å². The molecule has 0 unspecified atom stereocenters. The minimum atomic E-state index is -1.46. The Labute approximate surface area is 144 Å². The van der Waals surface area contributed by atoms with Crippen molar-refractivity contribution in [3.63, 3.8) is 0 Å². The van der Waals surface area contributed by atoms with Crippen molar-refractivity contribution in [1.29, 1.82) is 0 Å². The molecule has 3 heterocycles. The molecule has 3 rings (SSSR count). The molecule has 0 radical (unpaired) electrons. The van der Waals surface area contributed by atoms with E-state index in [2.05, 4.69) is 56.5 Å². The van der Waals surface area contributed by atoms with Crippen LogP contribution in [0.1, 0.15) is 24.8 Å². The second-order valence-corrected chi connectivity index (χ2v) is 11.8. The maximum absolute atomic E-state index is 4.73. The molecular formula is C17H24N6Si. The zero-order chi connectivity index (χ0) is 17.0. The Morgan fingerprint density at radius 2 is 2.00 bits per heavy atom. The summed E-state index contributed by atoms with van der Waals surface area (Å²) in [5.74, 6) is 5.49. The van der Waals surface area contributed by atoms with Gasteiger partial charge in [0.05, 0.1) is 11.8 Å². The van der Waals surface area contributed by atoms with Crippen LogP contribution in [-0.4, -0.2) is 41.3 Å². The number of H-pyrrole nitrogens is 1. The molecule has 0 atom stereocenters. The van der Waals surface area contributed by atoms with Gasteiger partial charge < -0.3 is 10.2 Å². The highest BCUT2D eigenvalue weighted by Gasteiger charge is 2.16. The molecule has 0 bridgehead atoms. The number of aromatic nitrogens is 4. The number of rotatable bonds is 3. The molecular weight excluding hydrogens is 316 g/mol. The maximum atomic E-state index is 4.73. The molecule has 1 aliphatic rings. The molecule has 24 heavy (non-hydrogen) atoms. The first-order chi connectivity index (χ1) is 11.5. The van der Waals surface area contributed by atoms with Gasteiger partial charge in [0.1, 0.15) is 8.07 Å². The topological polar surface area (TPSA) is 69.7 Å². The van der Waals surface area contributed by atoms with E-state index in [-0.39, 0.29) is 0 Å². The van der Waals surface area contributed by atoms with Crippen molar-refractivity contribution in [2.24, 2.45) is 0 Å². The molecule has 7 heteroatoms. The second-order valence-electron chi connectivity index (χ2n) is 7.06. The lowest BCUT2D eigenvalue weighted by Gasteiger charge is -2.26. The summed E-state index contributed by atoms with van der Waals surface area (Å²) in [6.07, 6.45) is 7.29. The second kappa shape index (κ2) is 7.05. The standard InChI is InChI=1S/C17H24N6Si/c1-24(2,3)12-8-14-13-18-17(23-10-5-4-6-11-23)21-16(14)20-15-7-9-19-22-15/h7,9,13H,4-6,10-11H2,1-3H3,(H2,18,19,20,21,22). The van der Waals surface area contributed by atoms with Crippen LogP contribution in [0.2, 0.25) is 19.6 Å². The van der Waals surface area contributed by atoms with Crippen LogP contribution < -0.4 is 10.2 Å². The van der Waals surface area contributed by atoms with E-state index in [0.29, 0.717) is 0 Å². The molecule has 1 saturated heterocycles. The molecule has 0 aliphatic carbocycles. The smallest absolute Gasteiger partial charge is 0.227 e. The minimum absolute atomic E-state index is 0.725. The van der Waals surface area contributed by atoms with Crippen molar-refractivity contribution in [2.45, 2.75) is 38.9 Å². The van der Waals surface area contributed by atoms with Crippen LogP contribution in [0.4, 0.5) is 17.6 Å². The van der Waals surface area contributed by atoms with E-state index < -0.39 is 8.07 Å². The van der Waals surface area contributed by atoms with E-state index in [1.54, 1.807) is 6.20 Å². The van der Waals surface area contributed by atoms with Gasteiger partial charge in [-0.2, -0.15) is 10.1 Å². The molecule has 0 amide bonds. The van der Waals surface area contributed by atoms with E-state index in [4.69, 9.17) is 4.98 Å². The summed E-state index contributed by atoms with van der Waals surface area (Å²) in [6.45, 7) is 8.71. The number of nitrogens with one attached hydrogen (secondary N) is 2. The molecule has 6 nitrogen and oxygen atoms in total. The van der Waals surface area contributed by atoms with Crippen LogP contribution in [0.25, 0.3) is 0 Å². The van der Waals surface area contributed by atoms with E-state index in [9.17, 15) is 0 Å². The first-order valence-electron chi connectivity index (χ1n) is 8.43. The van der Waals surface area contributed by atoms with E-state index in [0.717, 1.165) is 36.2 Å². The number of hydrogen-bond acceptors (Lipinski definition) is 5. The molecule has 126 valence electrons. The summed E-state index contributed by atoms with van der Waals surface area (Å²) in [6, 6.07) is 1.87. The zero-order valence-corrected chi connectivity index (χ0v) is 15.6. The van der Waals surface area contributed by atoms with Crippen LogP contribution in [0, 0.1) is 11.5 Å². The van der Waals surface area contributed by atoms with Crippen LogP contribution in [0.15, 0.2) is 18.5 Å². The lowest BCUT2D eigenvalue weighted by Crippen LogP contribution is -2.31. The summed E-state index contributed by atoms with van der Waals surface area (Å²) in [5, 5.41) is 10.2. The molecule has 2 aromatic heterocycles. The molecule has 2 aromatic rings. The highest BCUT2D eigenvalue weighted by Crippen LogP contribution is 2.21. The van der Waals surface area contributed by atoms with Crippen LogP contribution in [0.5, 0.6) is 0 Å². The van der Waals surface area contributed by atoms with Crippen LogP contribution >= 0.6 is 0 Å². The number of aromatic amines is 1. The average molecular weight is 341 g/mol. The fourth-order valence-corrected chi connectivity index (χ4v) is 3.02. The Hall–Kier alpha value is -2.33. The number of hydrogen-bond donors (Lipinski definition) is 2. The Bertz CT molecular complexity index is 733. The van der Waals surface area contributed by atoms with Crippen molar-refractivity contribution in [3.8, 4) is 11.5 Å². The Balaban J connectivity index is 1.93. The van der Waals surface area contributed by atoms with Gasteiger partial charge in [-0.25, -0.2) is 4.98 Å². The Morgan fingerprint density at radius 3 is 2.67 bits per heavy atom. The monoisotopic (exact) mass is 340 g/mol. The third-order valence-corrected chi connectivity index (χ3v) is 4.61. The predicted octanol–water partition coefficient (Wildman–Crippen LogP) is 3.16.